The number of aromatic nitrogens is 2. The Balaban J connectivity index is 1.49. The molecule has 0 atom stereocenters. The highest BCUT2D eigenvalue weighted by molar-refractivity contribution is 7.15. The van der Waals surface area contributed by atoms with Crippen LogP contribution in [0.25, 0.3) is 0 Å². The molecule has 2 aromatic carbocycles. The Morgan fingerprint density at radius 3 is 2.52 bits per heavy atom. The number of nitrogens with zero attached hydrogens (tertiary/aromatic N) is 3. The van der Waals surface area contributed by atoms with E-state index in [4.69, 9.17) is 4.74 Å². The molecule has 3 aromatic rings. The Hall–Kier alpha value is -3.59. The Kier molecular flexibility index (Phi) is 6.64. The number of hydrogen-bond donors (Lipinski definition) is 2. The summed E-state index contributed by atoms with van der Waals surface area (Å²) >= 11 is 1.14. The average molecular weight is 409 g/mol. The van der Waals surface area contributed by atoms with Gasteiger partial charge in [-0.25, -0.2) is 5.43 Å². The van der Waals surface area contributed by atoms with E-state index in [2.05, 4.69) is 26.0 Å². The molecular weight excluding hydrogens is 390 g/mol. The van der Waals surface area contributed by atoms with E-state index in [-0.39, 0.29) is 18.2 Å². The molecule has 0 aliphatic heterocycles. The van der Waals surface area contributed by atoms with Crippen LogP contribution in [0.15, 0.2) is 53.6 Å². The van der Waals surface area contributed by atoms with Gasteiger partial charge >= 0.3 is 0 Å². The van der Waals surface area contributed by atoms with Crippen LogP contribution in [0.2, 0.25) is 0 Å². The van der Waals surface area contributed by atoms with E-state index in [9.17, 15) is 9.59 Å². The van der Waals surface area contributed by atoms with Crippen molar-refractivity contribution in [3.63, 3.8) is 0 Å². The quantitative estimate of drug-likeness (QED) is 0.461. The molecule has 8 nitrogen and oxygen atoms in total. The molecule has 0 radical (unpaired) electrons. The zero-order valence-corrected chi connectivity index (χ0v) is 16.7. The molecule has 2 amide bonds. The number of ether oxygens (including phenoxy) is 1. The number of carbonyl (C=O) groups excluding carboxylic acids is 2. The summed E-state index contributed by atoms with van der Waals surface area (Å²) in [5, 5.41) is 15.2. The first-order valence-electron chi connectivity index (χ1n) is 8.70. The molecule has 0 fully saturated rings. The van der Waals surface area contributed by atoms with Gasteiger partial charge in [-0.15, -0.1) is 10.2 Å². The lowest BCUT2D eigenvalue weighted by Gasteiger charge is -2.01. The van der Waals surface area contributed by atoms with Gasteiger partial charge in [-0.1, -0.05) is 29.0 Å². The maximum atomic E-state index is 12.2. The van der Waals surface area contributed by atoms with Crippen LogP contribution < -0.4 is 15.5 Å². The maximum Gasteiger partial charge on any atom is 0.257 e. The third kappa shape index (κ3) is 5.94. The van der Waals surface area contributed by atoms with Crippen molar-refractivity contribution in [1.82, 2.24) is 15.6 Å². The number of rotatable bonds is 7. The van der Waals surface area contributed by atoms with E-state index in [0.717, 1.165) is 28.2 Å². The summed E-state index contributed by atoms with van der Waals surface area (Å²) < 4.78 is 5.08. The molecule has 9 heteroatoms. The Morgan fingerprint density at radius 1 is 1.10 bits per heavy atom. The van der Waals surface area contributed by atoms with Gasteiger partial charge < -0.3 is 4.74 Å². The van der Waals surface area contributed by atoms with Crippen LogP contribution in [0.1, 0.15) is 26.5 Å². The molecule has 0 unspecified atom stereocenters. The summed E-state index contributed by atoms with van der Waals surface area (Å²) in [6.45, 7) is 1.95. The van der Waals surface area contributed by atoms with Gasteiger partial charge in [-0.3, -0.25) is 14.9 Å². The standard InChI is InChI=1S/C20H19N5O3S/c1-13-3-7-15(8-4-13)19(27)22-20-25-24-18(29-20)11-17(26)23-21-12-14-5-9-16(28-2)10-6-14/h3-10,12H,11H2,1-2H3,(H,23,26)(H,22,25,27). The van der Waals surface area contributed by atoms with E-state index >= 15 is 0 Å². The fourth-order valence-electron chi connectivity index (χ4n) is 2.30. The monoisotopic (exact) mass is 409 g/mol. The van der Waals surface area contributed by atoms with Gasteiger partial charge in [0, 0.05) is 5.56 Å². The molecular formula is C20H19N5O3S. The summed E-state index contributed by atoms with van der Waals surface area (Å²) in [4.78, 5) is 24.2. The van der Waals surface area contributed by atoms with Gasteiger partial charge in [0.2, 0.25) is 11.0 Å². The van der Waals surface area contributed by atoms with Crippen molar-refractivity contribution < 1.29 is 14.3 Å². The number of anilines is 1. The molecule has 1 aromatic heterocycles. The highest BCUT2D eigenvalue weighted by Gasteiger charge is 2.12. The molecule has 1 heterocycles. The van der Waals surface area contributed by atoms with E-state index in [1.807, 2.05) is 31.2 Å². The van der Waals surface area contributed by atoms with E-state index in [1.54, 1.807) is 31.4 Å². The Bertz CT molecular complexity index is 1010. The van der Waals surface area contributed by atoms with Crippen molar-refractivity contribution in [2.45, 2.75) is 13.3 Å². The van der Waals surface area contributed by atoms with Gasteiger partial charge in [0.15, 0.2) is 0 Å². The zero-order valence-electron chi connectivity index (χ0n) is 15.9. The smallest absolute Gasteiger partial charge is 0.257 e. The fraction of sp³-hybridized carbons (Fsp3) is 0.150. The second-order valence-electron chi connectivity index (χ2n) is 6.06. The molecule has 29 heavy (non-hydrogen) atoms. The lowest BCUT2D eigenvalue weighted by molar-refractivity contribution is -0.120. The highest BCUT2D eigenvalue weighted by Crippen LogP contribution is 2.17. The molecule has 0 spiro atoms. The van der Waals surface area contributed by atoms with E-state index < -0.39 is 0 Å². The van der Waals surface area contributed by atoms with Gasteiger partial charge in [0.1, 0.15) is 10.8 Å². The number of benzene rings is 2. The topological polar surface area (TPSA) is 106 Å². The van der Waals surface area contributed by atoms with Crippen molar-refractivity contribution in [3.05, 3.63) is 70.2 Å². The molecule has 148 valence electrons. The minimum absolute atomic E-state index is 0.0119. The number of methoxy groups -OCH3 is 1. The van der Waals surface area contributed by atoms with Crippen LogP contribution in [0.3, 0.4) is 0 Å². The van der Waals surface area contributed by atoms with E-state index in [0.29, 0.717) is 15.7 Å². The molecule has 3 rings (SSSR count). The lowest BCUT2D eigenvalue weighted by atomic mass is 10.1. The van der Waals surface area contributed by atoms with Gasteiger partial charge in [0.05, 0.1) is 19.7 Å². The SMILES string of the molecule is COc1ccc(C=NNC(=O)Cc2nnc(NC(=O)c3ccc(C)cc3)s2)cc1. The number of hydrazone groups is 1. The fourth-order valence-corrected chi connectivity index (χ4v) is 3.03. The largest absolute Gasteiger partial charge is 0.497 e. The first kappa shape index (κ1) is 20.2. The van der Waals surface area contributed by atoms with Crippen molar-refractivity contribution in [1.29, 1.82) is 0 Å². The van der Waals surface area contributed by atoms with Crippen molar-refractivity contribution >= 4 is 34.5 Å². The van der Waals surface area contributed by atoms with Gasteiger partial charge in [-0.05, 0) is 48.9 Å². The predicted octanol–water partition coefficient (Wildman–Crippen LogP) is 2.80. The van der Waals surface area contributed by atoms with Crippen molar-refractivity contribution in [2.75, 3.05) is 12.4 Å². The molecule has 0 saturated carbocycles. The number of aryl methyl sites for hydroxylation is 1. The number of amides is 2. The second-order valence-corrected chi connectivity index (χ2v) is 7.13. The predicted molar refractivity (Wildman–Crippen MR) is 111 cm³/mol. The minimum Gasteiger partial charge on any atom is -0.497 e. The second kappa shape index (κ2) is 9.56. The summed E-state index contributed by atoms with van der Waals surface area (Å²) in [5.41, 5.74) is 4.86. The minimum atomic E-state index is -0.331. The van der Waals surface area contributed by atoms with E-state index in [1.165, 1.54) is 6.21 Å². The number of carbonyl (C=O) groups is 2. The zero-order chi connectivity index (χ0) is 20.6. The van der Waals surface area contributed by atoms with Crippen LogP contribution in [-0.4, -0.2) is 35.3 Å². The number of nitrogens with one attached hydrogen (secondary N) is 2. The lowest BCUT2D eigenvalue weighted by Crippen LogP contribution is -2.19. The van der Waals surface area contributed by atoms with Crippen molar-refractivity contribution in [3.8, 4) is 5.75 Å². The average Bonchev–Trinajstić information content (AvgIpc) is 3.15. The highest BCUT2D eigenvalue weighted by atomic mass is 32.1. The maximum absolute atomic E-state index is 12.2. The summed E-state index contributed by atoms with van der Waals surface area (Å²) in [7, 11) is 1.59. The van der Waals surface area contributed by atoms with Crippen LogP contribution in [-0.2, 0) is 11.2 Å². The van der Waals surface area contributed by atoms with Gasteiger partial charge in [0.25, 0.3) is 5.91 Å². The Labute approximate surface area is 171 Å². The summed E-state index contributed by atoms with van der Waals surface area (Å²) in [6, 6.07) is 14.4. The third-order valence-electron chi connectivity index (χ3n) is 3.83. The van der Waals surface area contributed by atoms with Crippen molar-refractivity contribution in [2.24, 2.45) is 5.10 Å². The number of hydrogen-bond acceptors (Lipinski definition) is 7. The molecule has 0 saturated heterocycles. The summed E-state index contributed by atoms with van der Waals surface area (Å²) in [6.07, 6.45) is 1.54. The molecule has 0 bridgehead atoms. The first-order valence-corrected chi connectivity index (χ1v) is 9.51. The van der Waals surface area contributed by atoms with Crippen LogP contribution >= 0.6 is 11.3 Å². The first-order chi connectivity index (χ1) is 14.0. The molecule has 0 aliphatic carbocycles. The summed E-state index contributed by atoms with van der Waals surface area (Å²) in [5.74, 6) is 0.135. The van der Waals surface area contributed by atoms with Crippen LogP contribution in [0.5, 0.6) is 5.75 Å². The molecule has 2 N–H and O–H groups in total. The normalized spacial score (nSPS) is 10.7. The third-order valence-corrected chi connectivity index (χ3v) is 4.67. The van der Waals surface area contributed by atoms with Gasteiger partial charge in [-0.2, -0.15) is 5.10 Å². The molecule has 0 aliphatic rings. The Morgan fingerprint density at radius 2 is 1.83 bits per heavy atom. The van der Waals surface area contributed by atoms with Crippen LogP contribution in [0, 0.1) is 6.92 Å². The van der Waals surface area contributed by atoms with Crippen LogP contribution in [0.4, 0.5) is 5.13 Å².